The monoisotopic (exact) mass is 566 g/mol. The van der Waals surface area contributed by atoms with Crippen LogP contribution in [-0.2, 0) is 17.1 Å². The van der Waals surface area contributed by atoms with Crippen LogP contribution in [0.1, 0.15) is 0 Å². The minimum absolute atomic E-state index is 0. The van der Waals surface area contributed by atoms with Gasteiger partial charge in [0.1, 0.15) is 0 Å². The van der Waals surface area contributed by atoms with Crippen molar-refractivity contribution in [2.45, 2.75) is 9.36 Å². The van der Waals surface area contributed by atoms with Gasteiger partial charge in [0.25, 0.3) is 0 Å². The van der Waals surface area contributed by atoms with Gasteiger partial charge in [0.05, 0.1) is 0 Å². The predicted molar refractivity (Wildman–Crippen MR) is 120 cm³/mol. The Balaban J connectivity index is 0.00000121. The summed E-state index contributed by atoms with van der Waals surface area (Å²) in [4.78, 5) is 0. The van der Waals surface area contributed by atoms with E-state index in [1.54, 1.807) is 6.64 Å². The van der Waals surface area contributed by atoms with E-state index < -0.39 is 17.1 Å². The van der Waals surface area contributed by atoms with Crippen molar-refractivity contribution in [3.63, 3.8) is 0 Å². The van der Waals surface area contributed by atoms with E-state index >= 15 is 0 Å². The second-order valence-electron chi connectivity index (χ2n) is 7.74. The van der Waals surface area contributed by atoms with Crippen molar-refractivity contribution in [1.29, 1.82) is 0 Å². The summed E-state index contributed by atoms with van der Waals surface area (Å²) in [6, 6.07) is 31.3. The van der Waals surface area contributed by atoms with E-state index in [4.69, 9.17) is 0 Å². The Bertz CT molecular complexity index is 972. The van der Waals surface area contributed by atoms with E-state index in [9.17, 15) is 0 Å². The molecule has 0 unspecified atom stereocenters. The Morgan fingerprint density at radius 2 is 0.923 bits per heavy atom. The predicted octanol–water partition coefficient (Wildman–Crippen LogP) is 5.02. The standard InChI is InChI=1S/2C10H7.2CH3.2ClH.Hf.H2Si/c2*1-2-5-9-7-4-8-10(9)6-3-1;;;;;;/h2*1-7H;2*1H3;2*1H;;1H2. The molecule has 0 aromatic heterocycles. The van der Waals surface area contributed by atoms with Gasteiger partial charge in [0, 0.05) is 0 Å². The molecule has 0 aromatic rings. The fourth-order valence-electron chi connectivity index (χ4n) is 3.97. The van der Waals surface area contributed by atoms with Gasteiger partial charge >= 0.3 is 147 Å². The summed E-state index contributed by atoms with van der Waals surface area (Å²) < 4.78 is 8.38. The number of fused-ring (bicyclic) bond motifs is 2. The third-order valence-corrected chi connectivity index (χ3v) is 27.1. The zero-order valence-corrected chi connectivity index (χ0v) is 21.7. The van der Waals surface area contributed by atoms with E-state index in [2.05, 4.69) is 101 Å². The molecular formula is C22H24Cl2HfSi. The Labute approximate surface area is 171 Å². The van der Waals surface area contributed by atoms with Crippen LogP contribution in [0.2, 0.25) is 9.36 Å². The van der Waals surface area contributed by atoms with E-state index in [1.165, 1.54) is 22.3 Å². The van der Waals surface area contributed by atoms with Gasteiger partial charge in [-0.3, -0.25) is 0 Å². The van der Waals surface area contributed by atoms with Crippen molar-refractivity contribution in [2.24, 2.45) is 0 Å². The molecule has 0 amide bonds. The van der Waals surface area contributed by atoms with Crippen molar-refractivity contribution in [2.75, 3.05) is 0 Å². The average Bonchev–Trinajstić information content (AvgIpc) is 2.98. The molecular weight excluding hydrogens is 542 g/mol. The molecule has 0 nitrogen and oxygen atoms in total. The molecule has 4 heteroatoms. The van der Waals surface area contributed by atoms with Gasteiger partial charge in [0.2, 0.25) is 0 Å². The molecule has 0 aliphatic heterocycles. The maximum atomic E-state index is 2.58. The number of hydrogen-bond acceptors (Lipinski definition) is 0. The third kappa shape index (κ3) is 3.45. The second kappa shape index (κ2) is 7.59. The molecule has 26 heavy (non-hydrogen) atoms. The molecule has 4 rings (SSSR count). The molecule has 0 aromatic carbocycles. The molecule has 4 aliphatic carbocycles. The van der Waals surface area contributed by atoms with Crippen LogP contribution >= 0.6 is 24.8 Å². The summed E-state index contributed by atoms with van der Waals surface area (Å²) in [5, 5.41) is 0. The molecule has 0 saturated heterocycles. The average molecular weight is 566 g/mol. The zero-order valence-electron chi connectivity index (χ0n) is 15.1. The van der Waals surface area contributed by atoms with Crippen molar-refractivity contribution >= 4 is 38.4 Å². The van der Waals surface area contributed by atoms with Crippen molar-refractivity contribution in [1.82, 2.24) is 0 Å². The molecule has 0 fully saturated rings. The molecule has 0 radical (unpaired) electrons. The topological polar surface area (TPSA) is 0 Å². The first kappa shape index (κ1) is 21.4. The van der Waals surface area contributed by atoms with Crippen molar-refractivity contribution in [3.8, 4) is 22.3 Å². The number of rotatable bonds is 2. The zero-order chi connectivity index (χ0) is 16.8. The summed E-state index contributed by atoms with van der Waals surface area (Å²) in [7, 11) is 0. The van der Waals surface area contributed by atoms with E-state index in [0.29, 0.717) is 0 Å². The Morgan fingerprint density at radius 3 is 1.35 bits per heavy atom. The quantitative estimate of drug-likeness (QED) is 0.299. The number of hydrogen-bond donors (Lipinski definition) is 0. The second-order valence-corrected chi connectivity index (χ2v) is 48.3. The third-order valence-electron chi connectivity index (χ3n) is 5.31. The van der Waals surface area contributed by atoms with Gasteiger partial charge in [-0.25, -0.2) is 0 Å². The summed E-state index contributed by atoms with van der Waals surface area (Å²) >= 11 is -3.41. The van der Waals surface area contributed by atoms with Crippen LogP contribution in [0.5, 0.6) is 0 Å². The van der Waals surface area contributed by atoms with Crippen LogP contribution in [0.4, 0.5) is 0 Å². The molecule has 0 N–H and O–H groups in total. The minimum atomic E-state index is -3.41. The normalized spacial score (nSPS) is 11.7. The molecule has 134 valence electrons. The van der Waals surface area contributed by atoms with Crippen LogP contribution in [0.3, 0.4) is 0 Å². The van der Waals surface area contributed by atoms with Gasteiger partial charge in [-0.15, -0.1) is 24.8 Å². The Hall–Kier alpha value is -0.933. The molecule has 4 aliphatic rings. The van der Waals surface area contributed by atoms with E-state index in [1.807, 2.05) is 0 Å². The maximum absolute atomic E-state index is 3.41. The summed E-state index contributed by atoms with van der Waals surface area (Å²) in [6.45, 7) is 2.31. The van der Waals surface area contributed by atoms with Crippen LogP contribution in [0.25, 0.3) is 22.3 Å². The van der Waals surface area contributed by atoms with Crippen LogP contribution in [0, 0.1) is 0 Å². The van der Waals surface area contributed by atoms with Gasteiger partial charge < -0.3 is 0 Å². The summed E-state index contributed by atoms with van der Waals surface area (Å²) in [6.07, 6.45) is 0. The molecule has 0 atom stereocenters. The molecule has 0 spiro atoms. The first-order chi connectivity index (χ1) is 11.5. The fraction of sp³-hybridized carbons (Fsp3) is 0.0909. The van der Waals surface area contributed by atoms with Crippen LogP contribution in [0.15, 0.2) is 84.9 Å². The SMILES string of the molecule is Cl.Cl.[CH3][Hf]([CH3])(=[SiH2])([c]1ccc2cccccc1-2)[c]1ccc2cccccc1-2. The fourth-order valence-corrected chi connectivity index (χ4v) is 22.3. The van der Waals surface area contributed by atoms with Crippen LogP contribution < -0.4 is 6.64 Å². The van der Waals surface area contributed by atoms with Gasteiger partial charge in [0.15, 0.2) is 0 Å². The first-order valence-corrected chi connectivity index (χ1v) is 27.6. The summed E-state index contributed by atoms with van der Waals surface area (Å²) in [5.74, 6) is 0. The molecule has 0 bridgehead atoms. The molecule has 0 saturated carbocycles. The van der Waals surface area contributed by atoms with E-state index in [-0.39, 0.29) is 24.8 Å². The van der Waals surface area contributed by atoms with Gasteiger partial charge in [-0.2, -0.15) is 0 Å². The van der Waals surface area contributed by atoms with Gasteiger partial charge in [-0.05, 0) is 0 Å². The van der Waals surface area contributed by atoms with E-state index in [0.717, 1.165) is 0 Å². The first-order valence-electron chi connectivity index (χ1n) is 8.50. The van der Waals surface area contributed by atoms with Crippen LogP contribution in [-0.4, -0.2) is 6.94 Å². The van der Waals surface area contributed by atoms with Gasteiger partial charge in [-0.1, -0.05) is 0 Å². The van der Waals surface area contributed by atoms with Crippen molar-refractivity contribution in [3.05, 3.63) is 84.9 Å². The van der Waals surface area contributed by atoms with Crippen molar-refractivity contribution < 1.29 is 17.1 Å². The Morgan fingerprint density at radius 1 is 0.538 bits per heavy atom. The summed E-state index contributed by atoms with van der Waals surface area (Å²) in [5.41, 5.74) is 5.58. The molecule has 0 heterocycles. The Kier molecular flexibility index (Phi) is 6.24. The number of halogens is 2.